The molecule has 1 aromatic carbocycles. The second kappa shape index (κ2) is 6.47. The van der Waals surface area contributed by atoms with E-state index >= 15 is 0 Å². The largest absolute Gasteiger partial charge is 0.350 e. The van der Waals surface area contributed by atoms with Gasteiger partial charge in [-0.3, -0.25) is 9.59 Å². The Hall–Kier alpha value is -1.95. The van der Waals surface area contributed by atoms with Crippen molar-refractivity contribution in [1.82, 2.24) is 9.88 Å². The van der Waals surface area contributed by atoms with Crippen LogP contribution in [0.5, 0.6) is 0 Å². The molecule has 1 amide bonds. The fourth-order valence-corrected chi connectivity index (χ4v) is 2.24. The Morgan fingerprint density at radius 1 is 1.30 bits per heavy atom. The van der Waals surface area contributed by atoms with Gasteiger partial charge in [-0.2, -0.15) is 0 Å². The number of nitrogens with one attached hydrogen (secondary N) is 1. The Morgan fingerprint density at radius 3 is 2.80 bits per heavy atom. The van der Waals surface area contributed by atoms with E-state index < -0.39 is 5.82 Å². The monoisotopic (exact) mass is 338 g/mol. The molecule has 1 N–H and O–H groups in total. The lowest BCUT2D eigenvalue weighted by atomic mass is 10.2. The second-order valence-corrected chi connectivity index (χ2v) is 4.97. The molecule has 1 heterocycles. The molecule has 2 aromatic rings. The van der Waals surface area contributed by atoms with E-state index in [9.17, 15) is 14.0 Å². The SMILES string of the molecule is O=C(NCCn1ccccc1=O)c1ccc(F)cc1Br. The summed E-state index contributed by atoms with van der Waals surface area (Å²) in [5, 5.41) is 2.68. The lowest BCUT2D eigenvalue weighted by molar-refractivity contribution is 0.0951. The van der Waals surface area contributed by atoms with Gasteiger partial charge in [0.25, 0.3) is 11.5 Å². The first-order chi connectivity index (χ1) is 9.58. The van der Waals surface area contributed by atoms with Gasteiger partial charge in [-0.05, 0) is 40.2 Å². The number of pyridine rings is 1. The van der Waals surface area contributed by atoms with Crippen molar-refractivity contribution in [2.75, 3.05) is 6.54 Å². The zero-order chi connectivity index (χ0) is 14.5. The van der Waals surface area contributed by atoms with Crippen LogP contribution in [0.1, 0.15) is 10.4 Å². The molecule has 2 rings (SSSR count). The predicted octanol–water partition coefficient (Wildman–Crippen LogP) is 2.18. The Labute approximate surface area is 123 Å². The molecule has 104 valence electrons. The molecule has 0 aliphatic heterocycles. The van der Waals surface area contributed by atoms with Crippen LogP contribution in [0.3, 0.4) is 0 Å². The minimum absolute atomic E-state index is 0.121. The Kier molecular flexibility index (Phi) is 4.68. The lowest BCUT2D eigenvalue weighted by Gasteiger charge is -2.08. The number of benzene rings is 1. The van der Waals surface area contributed by atoms with Crippen LogP contribution >= 0.6 is 15.9 Å². The van der Waals surface area contributed by atoms with Gasteiger partial charge < -0.3 is 9.88 Å². The van der Waals surface area contributed by atoms with Crippen molar-refractivity contribution >= 4 is 21.8 Å². The molecule has 0 aliphatic rings. The number of hydrogen-bond donors (Lipinski definition) is 1. The van der Waals surface area contributed by atoms with Crippen molar-refractivity contribution in [1.29, 1.82) is 0 Å². The molecule has 0 spiro atoms. The van der Waals surface area contributed by atoms with Gasteiger partial charge in [0.2, 0.25) is 0 Å². The van der Waals surface area contributed by atoms with E-state index in [1.807, 2.05) is 0 Å². The van der Waals surface area contributed by atoms with E-state index in [1.54, 1.807) is 18.3 Å². The molecule has 0 atom stereocenters. The normalized spacial score (nSPS) is 10.3. The van der Waals surface area contributed by atoms with E-state index in [0.717, 1.165) is 0 Å². The fourth-order valence-electron chi connectivity index (χ4n) is 1.70. The average Bonchev–Trinajstić information content (AvgIpc) is 2.40. The maximum absolute atomic E-state index is 12.9. The minimum atomic E-state index is -0.413. The molecule has 0 saturated heterocycles. The summed E-state index contributed by atoms with van der Waals surface area (Å²) in [7, 11) is 0. The number of hydrogen-bond acceptors (Lipinski definition) is 2. The van der Waals surface area contributed by atoms with Gasteiger partial charge in [0.15, 0.2) is 0 Å². The van der Waals surface area contributed by atoms with E-state index in [2.05, 4.69) is 21.2 Å². The molecule has 0 fully saturated rings. The first-order valence-electron chi connectivity index (χ1n) is 5.96. The summed E-state index contributed by atoms with van der Waals surface area (Å²) >= 11 is 3.14. The summed E-state index contributed by atoms with van der Waals surface area (Å²) in [5.41, 5.74) is 0.233. The third kappa shape index (κ3) is 3.54. The van der Waals surface area contributed by atoms with Crippen molar-refractivity contribution in [3.63, 3.8) is 0 Å². The van der Waals surface area contributed by atoms with Crippen LogP contribution in [0.25, 0.3) is 0 Å². The van der Waals surface area contributed by atoms with Gasteiger partial charge in [0.05, 0.1) is 5.56 Å². The molecule has 0 aliphatic carbocycles. The van der Waals surface area contributed by atoms with Gasteiger partial charge >= 0.3 is 0 Å². The van der Waals surface area contributed by atoms with Crippen LogP contribution in [0.4, 0.5) is 4.39 Å². The second-order valence-electron chi connectivity index (χ2n) is 4.11. The van der Waals surface area contributed by atoms with Gasteiger partial charge in [0.1, 0.15) is 5.82 Å². The molecule has 6 heteroatoms. The Balaban J connectivity index is 1.96. The summed E-state index contributed by atoms with van der Waals surface area (Å²) in [6.07, 6.45) is 1.66. The van der Waals surface area contributed by atoms with Crippen LogP contribution in [0.15, 0.2) is 51.9 Å². The maximum atomic E-state index is 12.9. The standard InChI is InChI=1S/C14H12BrFN2O2/c15-12-9-10(16)4-5-11(12)14(20)17-6-8-18-7-2-1-3-13(18)19/h1-5,7,9H,6,8H2,(H,17,20). The molecule has 4 nitrogen and oxygen atoms in total. The van der Waals surface area contributed by atoms with Crippen molar-refractivity contribution in [2.24, 2.45) is 0 Å². The highest BCUT2D eigenvalue weighted by Crippen LogP contribution is 2.17. The van der Waals surface area contributed by atoms with E-state index in [0.29, 0.717) is 23.1 Å². The first-order valence-corrected chi connectivity index (χ1v) is 6.76. The number of aromatic nitrogens is 1. The summed E-state index contributed by atoms with van der Waals surface area (Å²) < 4.78 is 14.8. The number of halogens is 2. The highest BCUT2D eigenvalue weighted by molar-refractivity contribution is 9.10. The zero-order valence-corrected chi connectivity index (χ0v) is 12.1. The molecule has 0 bridgehead atoms. The number of carbonyl (C=O) groups excluding carboxylic acids is 1. The third-order valence-corrected chi connectivity index (χ3v) is 3.37. The average molecular weight is 339 g/mol. The van der Waals surface area contributed by atoms with Gasteiger partial charge in [-0.25, -0.2) is 4.39 Å². The summed E-state index contributed by atoms with van der Waals surface area (Å²) in [4.78, 5) is 23.4. The quantitative estimate of drug-likeness (QED) is 0.928. The third-order valence-electron chi connectivity index (χ3n) is 2.71. The number of rotatable bonds is 4. The number of nitrogens with zero attached hydrogens (tertiary/aromatic N) is 1. The van der Waals surface area contributed by atoms with Crippen molar-refractivity contribution in [3.8, 4) is 0 Å². The molecule has 1 aromatic heterocycles. The summed E-state index contributed by atoms with van der Waals surface area (Å²) in [6, 6.07) is 8.73. The van der Waals surface area contributed by atoms with Crippen LogP contribution in [0.2, 0.25) is 0 Å². The number of amides is 1. The summed E-state index contributed by atoms with van der Waals surface area (Å²) in [5.74, 6) is -0.731. The van der Waals surface area contributed by atoms with E-state index in [4.69, 9.17) is 0 Å². The minimum Gasteiger partial charge on any atom is -0.350 e. The van der Waals surface area contributed by atoms with Crippen molar-refractivity contribution < 1.29 is 9.18 Å². The van der Waals surface area contributed by atoms with Gasteiger partial charge in [-0.1, -0.05) is 6.07 Å². The van der Waals surface area contributed by atoms with E-state index in [-0.39, 0.29) is 11.5 Å². The Bertz CT molecular complexity index is 685. The molecular weight excluding hydrogens is 327 g/mol. The van der Waals surface area contributed by atoms with Crippen LogP contribution in [-0.2, 0) is 6.54 Å². The lowest BCUT2D eigenvalue weighted by Crippen LogP contribution is -2.30. The van der Waals surface area contributed by atoms with Gasteiger partial charge in [0, 0.05) is 29.8 Å². The van der Waals surface area contributed by atoms with Crippen LogP contribution in [0, 0.1) is 5.82 Å². The van der Waals surface area contributed by atoms with E-state index in [1.165, 1.54) is 28.8 Å². The molecular formula is C14H12BrFN2O2. The summed E-state index contributed by atoms with van der Waals surface area (Å²) in [6.45, 7) is 0.691. The fraction of sp³-hybridized carbons (Fsp3) is 0.143. The first kappa shape index (κ1) is 14.5. The van der Waals surface area contributed by atoms with Crippen molar-refractivity contribution in [2.45, 2.75) is 6.54 Å². The van der Waals surface area contributed by atoms with Crippen LogP contribution < -0.4 is 10.9 Å². The highest BCUT2D eigenvalue weighted by atomic mass is 79.9. The van der Waals surface area contributed by atoms with Crippen molar-refractivity contribution in [3.05, 3.63) is 68.8 Å². The smallest absolute Gasteiger partial charge is 0.252 e. The topological polar surface area (TPSA) is 51.1 Å². The molecule has 20 heavy (non-hydrogen) atoms. The Morgan fingerprint density at radius 2 is 2.10 bits per heavy atom. The van der Waals surface area contributed by atoms with Crippen LogP contribution in [-0.4, -0.2) is 17.0 Å². The van der Waals surface area contributed by atoms with Gasteiger partial charge in [-0.15, -0.1) is 0 Å². The zero-order valence-electron chi connectivity index (χ0n) is 10.5. The predicted molar refractivity (Wildman–Crippen MR) is 77.1 cm³/mol. The number of carbonyl (C=O) groups is 1. The maximum Gasteiger partial charge on any atom is 0.252 e. The molecule has 0 unspecified atom stereocenters. The molecule has 0 radical (unpaired) electrons. The highest BCUT2D eigenvalue weighted by Gasteiger charge is 2.10. The molecule has 0 saturated carbocycles.